The lowest BCUT2D eigenvalue weighted by molar-refractivity contribution is -0.901. The topological polar surface area (TPSA) is 3.24 Å². The van der Waals surface area contributed by atoms with Crippen LogP contribution in [0.4, 0.5) is 0 Å². The van der Waals surface area contributed by atoms with Crippen LogP contribution in [0.25, 0.3) is 0 Å². The van der Waals surface area contributed by atoms with Crippen molar-refractivity contribution in [2.45, 2.75) is 33.2 Å². The van der Waals surface area contributed by atoms with Crippen LogP contribution in [0.5, 0.6) is 0 Å². The molecule has 1 heterocycles. The van der Waals surface area contributed by atoms with Crippen LogP contribution in [-0.2, 0) is 0 Å². The second-order valence-electron chi connectivity index (χ2n) is 4.90. The fraction of sp³-hybridized carbons (Fsp3) is 1.00. The number of quaternary nitrogens is 1. The molecule has 72 valence electrons. The van der Waals surface area contributed by atoms with E-state index in [9.17, 15) is 0 Å². The first kappa shape index (κ1) is 10.0. The maximum atomic E-state index is 2.58. The van der Waals surface area contributed by atoms with Crippen molar-refractivity contribution < 1.29 is 4.48 Å². The molecule has 0 amide bonds. The Hall–Kier alpha value is -0.0800. The quantitative estimate of drug-likeness (QED) is 0.569. The first-order chi connectivity index (χ1) is 5.43. The van der Waals surface area contributed by atoms with Crippen LogP contribution < -0.4 is 0 Å². The fourth-order valence-corrected chi connectivity index (χ4v) is 2.43. The molecular formula is C10H23N2+. The average molecular weight is 171 g/mol. The van der Waals surface area contributed by atoms with Crippen LogP contribution in [0.15, 0.2) is 0 Å². The molecule has 0 aromatic rings. The summed E-state index contributed by atoms with van der Waals surface area (Å²) in [7, 11) is 2.36. The third-order valence-electron chi connectivity index (χ3n) is 3.28. The summed E-state index contributed by atoms with van der Waals surface area (Å²) in [6.45, 7) is 14.2. The van der Waals surface area contributed by atoms with Crippen molar-refractivity contribution in [1.82, 2.24) is 4.90 Å². The van der Waals surface area contributed by atoms with Gasteiger partial charge < -0.3 is 4.48 Å². The average Bonchev–Trinajstić information content (AvgIpc) is 2.22. The molecule has 0 radical (unpaired) electrons. The molecule has 0 aromatic carbocycles. The van der Waals surface area contributed by atoms with E-state index in [0.29, 0.717) is 5.54 Å². The zero-order chi connectivity index (χ0) is 9.41. The Morgan fingerprint density at radius 2 is 1.92 bits per heavy atom. The third-order valence-corrected chi connectivity index (χ3v) is 3.28. The summed E-state index contributed by atoms with van der Waals surface area (Å²) in [6, 6.07) is 0. The molecule has 0 unspecified atom stereocenters. The summed E-state index contributed by atoms with van der Waals surface area (Å²) in [6.07, 6.45) is 0. The normalized spacial score (nSPS) is 35.8. The first-order valence-electron chi connectivity index (χ1n) is 5.02. The molecule has 1 aliphatic heterocycles. The van der Waals surface area contributed by atoms with Crippen molar-refractivity contribution in [3.05, 3.63) is 0 Å². The lowest BCUT2D eigenvalue weighted by atomic mass is 10.1. The van der Waals surface area contributed by atoms with Gasteiger partial charge in [0.05, 0.1) is 25.7 Å². The predicted molar refractivity (Wildman–Crippen MR) is 52.9 cm³/mol. The van der Waals surface area contributed by atoms with Gasteiger partial charge in [-0.2, -0.15) is 0 Å². The molecule has 12 heavy (non-hydrogen) atoms. The van der Waals surface area contributed by atoms with Crippen molar-refractivity contribution in [3.8, 4) is 0 Å². The van der Waals surface area contributed by atoms with E-state index >= 15 is 0 Å². The van der Waals surface area contributed by atoms with Crippen LogP contribution in [0.1, 0.15) is 27.7 Å². The highest BCUT2D eigenvalue weighted by molar-refractivity contribution is 4.83. The lowest BCUT2D eigenvalue weighted by Crippen LogP contribution is -2.43. The van der Waals surface area contributed by atoms with Gasteiger partial charge in [0.2, 0.25) is 0 Å². The molecule has 0 bridgehead atoms. The molecule has 1 fully saturated rings. The summed E-state index contributed by atoms with van der Waals surface area (Å²) in [5.74, 6) is 0. The van der Waals surface area contributed by atoms with Gasteiger partial charge >= 0.3 is 0 Å². The summed E-state index contributed by atoms with van der Waals surface area (Å²) < 4.78 is 1.21. The SMILES string of the molecule is CCN1C[N@+](C)(CC)CC1(C)C. The molecule has 0 saturated carbocycles. The van der Waals surface area contributed by atoms with Crippen LogP contribution >= 0.6 is 0 Å². The van der Waals surface area contributed by atoms with Crippen molar-refractivity contribution in [2.24, 2.45) is 0 Å². The van der Waals surface area contributed by atoms with Crippen LogP contribution in [0.2, 0.25) is 0 Å². The Morgan fingerprint density at radius 3 is 2.17 bits per heavy atom. The second kappa shape index (κ2) is 3.00. The van der Waals surface area contributed by atoms with E-state index in [1.54, 1.807) is 0 Å². The predicted octanol–water partition coefficient (Wildman–Crippen LogP) is 1.52. The van der Waals surface area contributed by atoms with Crippen LogP contribution in [-0.4, -0.2) is 48.3 Å². The number of hydrogen-bond acceptors (Lipinski definition) is 1. The Bertz CT molecular complexity index is 162. The van der Waals surface area contributed by atoms with Gasteiger partial charge in [0.1, 0.15) is 6.67 Å². The minimum absolute atomic E-state index is 0.402. The minimum Gasteiger partial charge on any atom is -0.312 e. The maximum absolute atomic E-state index is 2.58. The highest BCUT2D eigenvalue weighted by Crippen LogP contribution is 2.27. The highest BCUT2D eigenvalue weighted by atomic mass is 15.5. The summed E-state index contributed by atoms with van der Waals surface area (Å²) >= 11 is 0. The van der Waals surface area contributed by atoms with E-state index in [0.717, 1.165) is 0 Å². The van der Waals surface area contributed by atoms with Crippen molar-refractivity contribution in [3.63, 3.8) is 0 Å². The Morgan fingerprint density at radius 1 is 1.33 bits per heavy atom. The number of nitrogens with zero attached hydrogens (tertiary/aromatic N) is 2. The standard InChI is InChI=1S/C10H23N2/c1-6-11-9-12(5,7-2)8-10(11,3)4/h6-9H2,1-5H3/q+1/t12-/m1/s1. The molecule has 1 aliphatic rings. The van der Waals surface area contributed by atoms with E-state index in [-0.39, 0.29) is 0 Å². The van der Waals surface area contributed by atoms with Gasteiger partial charge in [-0.05, 0) is 20.8 Å². The Kier molecular flexibility index (Phi) is 2.50. The smallest absolute Gasteiger partial charge is 0.135 e. The molecule has 0 aromatic heterocycles. The molecule has 1 rings (SSSR count). The van der Waals surface area contributed by atoms with Gasteiger partial charge in [-0.3, -0.25) is 0 Å². The Labute approximate surface area is 76.7 Å². The molecule has 1 atom stereocenters. The third kappa shape index (κ3) is 1.64. The maximum Gasteiger partial charge on any atom is 0.135 e. The summed E-state index contributed by atoms with van der Waals surface area (Å²) in [4.78, 5) is 2.58. The van der Waals surface area contributed by atoms with Crippen LogP contribution in [0, 0.1) is 0 Å². The van der Waals surface area contributed by atoms with E-state index in [1.165, 1.54) is 30.8 Å². The number of likely N-dealkylation sites (N-methyl/N-ethyl adjacent to an activating group) is 2. The molecule has 1 saturated heterocycles. The van der Waals surface area contributed by atoms with E-state index in [1.807, 2.05) is 0 Å². The Balaban J connectivity index is 2.72. The minimum atomic E-state index is 0.402. The van der Waals surface area contributed by atoms with E-state index in [4.69, 9.17) is 0 Å². The molecule has 0 N–H and O–H groups in total. The number of rotatable bonds is 2. The van der Waals surface area contributed by atoms with Crippen LogP contribution in [0.3, 0.4) is 0 Å². The molecule has 2 heteroatoms. The van der Waals surface area contributed by atoms with Gasteiger partial charge in [-0.25, -0.2) is 4.90 Å². The van der Waals surface area contributed by atoms with Crippen molar-refractivity contribution in [2.75, 3.05) is 33.4 Å². The summed E-state index contributed by atoms with van der Waals surface area (Å²) in [5.41, 5.74) is 0.402. The zero-order valence-corrected chi connectivity index (χ0v) is 9.22. The fourth-order valence-electron chi connectivity index (χ4n) is 2.43. The largest absolute Gasteiger partial charge is 0.312 e. The molecule has 0 spiro atoms. The molecule has 2 nitrogen and oxygen atoms in total. The first-order valence-corrected chi connectivity index (χ1v) is 5.02. The summed E-state index contributed by atoms with van der Waals surface area (Å²) in [5, 5.41) is 0. The van der Waals surface area contributed by atoms with E-state index < -0.39 is 0 Å². The monoisotopic (exact) mass is 171 g/mol. The van der Waals surface area contributed by atoms with Crippen molar-refractivity contribution in [1.29, 1.82) is 0 Å². The van der Waals surface area contributed by atoms with Crippen molar-refractivity contribution >= 4 is 0 Å². The van der Waals surface area contributed by atoms with Gasteiger partial charge in [0, 0.05) is 6.54 Å². The highest BCUT2D eigenvalue weighted by Gasteiger charge is 2.44. The van der Waals surface area contributed by atoms with Gasteiger partial charge in [-0.1, -0.05) is 6.92 Å². The lowest BCUT2D eigenvalue weighted by Gasteiger charge is -2.27. The zero-order valence-electron chi connectivity index (χ0n) is 9.22. The van der Waals surface area contributed by atoms with Gasteiger partial charge in [0.25, 0.3) is 0 Å². The van der Waals surface area contributed by atoms with Gasteiger partial charge in [0.15, 0.2) is 0 Å². The number of hydrogen-bond donors (Lipinski definition) is 0. The van der Waals surface area contributed by atoms with E-state index in [2.05, 4.69) is 39.6 Å². The second-order valence-corrected chi connectivity index (χ2v) is 4.90. The molecular weight excluding hydrogens is 148 g/mol. The molecule has 0 aliphatic carbocycles. The van der Waals surface area contributed by atoms with Gasteiger partial charge in [-0.15, -0.1) is 0 Å².